The Morgan fingerprint density at radius 3 is 2.84 bits per heavy atom. The molecule has 0 radical (unpaired) electrons. The van der Waals surface area contributed by atoms with Crippen LogP contribution >= 0.6 is 0 Å². The van der Waals surface area contributed by atoms with Gasteiger partial charge in [-0.1, -0.05) is 6.92 Å². The van der Waals surface area contributed by atoms with E-state index in [1.165, 1.54) is 0 Å². The normalized spacial score (nSPS) is 14.3. The number of aryl methyl sites for hydroxylation is 1. The Hall–Kier alpha value is -1.66. The summed E-state index contributed by atoms with van der Waals surface area (Å²) in [7, 11) is 0. The number of hydrogen-bond acceptors (Lipinski definition) is 5. The van der Waals surface area contributed by atoms with Gasteiger partial charge in [-0.2, -0.15) is 0 Å². The molecule has 1 aromatic heterocycles. The van der Waals surface area contributed by atoms with Gasteiger partial charge in [-0.15, -0.1) is 0 Å². The summed E-state index contributed by atoms with van der Waals surface area (Å²) in [5, 5.41) is 9.07. The number of pyridine rings is 1. The van der Waals surface area contributed by atoms with Gasteiger partial charge in [-0.05, 0) is 31.4 Å². The lowest BCUT2D eigenvalue weighted by atomic mass is 10.1. The highest BCUT2D eigenvalue weighted by Crippen LogP contribution is 2.28. The zero-order valence-corrected chi connectivity index (χ0v) is 11.1. The molecule has 0 unspecified atom stereocenters. The Bertz CT molecular complexity index is 438. The Morgan fingerprint density at radius 2 is 2.32 bits per heavy atom. The first-order valence-electron chi connectivity index (χ1n) is 6.59. The molecular weight excluding hydrogens is 244 g/mol. The first-order valence-corrected chi connectivity index (χ1v) is 6.59. The smallest absolute Gasteiger partial charge is 0.254 e. The van der Waals surface area contributed by atoms with Gasteiger partial charge in [0.25, 0.3) is 5.91 Å². The first kappa shape index (κ1) is 13.8. The quantitative estimate of drug-likeness (QED) is 0.515. The van der Waals surface area contributed by atoms with Crippen molar-refractivity contribution in [2.75, 3.05) is 18.6 Å². The van der Waals surface area contributed by atoms with Crippen molar-refractivity contribution < 1.29 is 9.90 Å². The first-order chi connectivity index (χ1) is 9.19. The van der Waals surface area contributed by atoms with Crippen molar-refractivity contribution in [2.45, 2.75) is 32.2 Å². The molecule has 6 heteroatoms. The molecule has 0 spiro atoms. The summed E-state index contributed by atoms with van der Waals surface area (Å²) in [4.78, 5) is 18.5. The summed E-state index contributed by atoms with van der Waals surface area (Å²) < 4.78 is 0. The minimum Gasteiger partial charge on any atom is -0.395 e. The highest BCUT2D eigenvalue weighted by molar-refractivity contribution is 5.95. The van der Waals surface area contributed by atoms with E-state index in [9.17, 15) is 4.79 Å². The number of hydrazine groups is 1. The molecule has 0 aliphatic heterocycles. The van der Waals surface area contributed by atoms with Crippen LogP contribution in [0, 0.1) is 0 Å². The third-order valence-electron chi connectivity index (χ3n) is 3.22. The van der Waals surface area contributed by atoms with Gasteiger partial charge in [0.05, 0.1) is 6.61 Å². The maximum atomic E-state index is 12.5. The number of nitrogen functional groups attached to an aromatic ring is 1. The predicted octanol–water partition coefficient (Wildman–Crippen LogP) is 0.526. The Labute approximate surface area is 112 Å². The van der Waals surface area contributed by atoms with Crippen LogP contribution in [-0.2, 0) is 6.42 Å². The van der Waals surface area contributed by atoms with E-state index in [4.69, 9.17) is 10.9 Å². The molecule has 0 saturated heterocycles. The van der Waals surface area contributed by atoms with Crippen molar-refractivity contribution in [3.05, 3.63) is 23.4 Å². The number of aliphatic hydroxyl groups excluding tert-OH is 1. The zero-order chi connectivity index (χ0) is 13.8. The average molecular weight is 264 g/mol. The van der Waals surface area contributed by atoms with E-state index < -0.39 is 0 Å². The molecule has 2 rings (SSSR count). The lowest BCUT2D eigenvalue weighted by molar-refractivity contribution is 0.0707. The second kappa shape index (κ2) is 5.99. The maximum Gasteiger partial charge on any atom is 0.254 e. The van der Waals surface area contributed by atoms with Gasteiger partial charge in [0, 0.05) is 23.8 Å². The minimum atomic E-state index is -0.0647. The number of amides is 1. The third kappa shape index (κ3) is 3.21. The van der Waals surface area contributed by atoms with Crippen LogP contribution in [0.25, 0.3) is 0 Å². The Balaban J connectivity index is 2.25. The van der Waals surface area contributed by atoms with Crippen molar-refractivity contribution in [3.8, 4) is 0 Å². The number of hydrogen-bond donors (Lipinski definition) is 3. The number of nitrogens with zero attached hydrogens (tertiary/aromatic N) is 2. The highest BCUT2D eigenvalue weighted by Gasteiger charge is 2.32. The molecule has 1 fully saturated rings. The second-order valence-corrected chi connectivity index (χ2v) is 4.68. The number of carbonyl (C=O) groups is 1. The molecule has 1 saturated carbocycles. The molecule has 6 nitrogen and oxygen atoms in total. The van der Waals surface area contributed by atoms with Crippen molar-refractivity contribution in [1.82, 2.24) is 9.88 Å². The maximum absolute atomic E-state index is 12.5. The standard InChI is InChI=1S/C13H20N4O2/c1-2-10-7-9(8-12(15-10)16-14)13(19)17(5-6-18)11-3-4-11/h7-8,11,18H,2-6,14H2,1H3,(H,15,16). The molecular formula is C13H20N4O2. The number of rotatable bonds is 6. The van der Waals surface area contributed by atoms with Crippen molar-refractivity contribution in [3.63, 3.8) is 0 Å². The fraction of sp³-hybridized carbons (Fsp3) is 0.538. The summed E-state index contributed by atoms with van der Waals surface area (Å²) in [5.41, 5.74) is 3.87. The van der Waals surface area contributed by atoms with Crippen molar-refractivity contribution >= 4 is 11.7 Å². The van der Waals surface area contributed by atoms with Crippen LogP contribution < -0.4 is 11.3 Å². The van der Waals surface area contributed by atoms with Crippen LogP contribution in [0.5, 0.6) is 0 Å². The number of aliphatic hydroxyl groups is 1. The van der Waals surface area contributed by atoms with E-state index in [1.807, 2.05) is 6.92 Å². The van der Waals surface area contributed by atoms with Gasteiger partial charge in [-0.25, -0.2) is 10.8 Å². The summed E-state index contributed by atoms with van der Waals surface area (Å²) in [5.74, 6) is 5.80. The zero-order valence-electron chi connectivity index (χ0n) is 11.1. The number of anilines is 1. The molecule has 1 aromatic rings. The Kier molecular flexibility index (Phi) is 4.34. The highest BCUT2D eigenvalue weighted by atomic mass is 16.3. The molecule has 1 aliphatic rings. The van der Waals surface area contributed by atoms with Gasteiger partial charge in [0.2, 0.25) is 0 Å². The lowest BCUT2D eigenvalue weighted by Gasteiger charge is -2.21. The monoisotopic (exact) mass is 264 g/mol. The van der Waals surface area contributed by atoms with E-state index in [1.54, 1.807) is 17.0 Å². The van der Waals surface area contributed by atoms with Crippen molar-refractivity contribution in [1.29, 1.82) is 0 Å². The number of carbonyl (C=O) groups excluding carboxylic acids is 1. The van der Waals surface area contributed by atoms with Gasteiger partial charge >= 0.3 is 0 Å². The van der Waals surface area contributed by atoms with Gasteiger partial charge in [0.1, 0.15) is 5.82 Å². The molecule has 1 aliphatic carbocycles. The fourth-order valence-corrected chi connectivity index (χ4v) is 2.08. The third-order valence-corrected chi connectivity index (χ3v) is 3.22. The topological polar surface area (TPSA) is 91.5 Å². The second-order valence-electron chi connectivity index (χ2n) is 4.68. The summed E-state index contributed by atoms with van der Waals surface area (Å²) >= 11 is 0. The van der Waals surface area contributed by atoms with E-state index >= 15 is 0 Å². The van der Waals surface area contributed by atoms with Crippen LogP contribution in [-0.4, -0.2) is 40.1 Å². The number of nitrogens with two attached hydrogens (primary N) is 1. The minimum absolute atomic E-state index is 0.0179. The SMILES string of the molecule is CCc1cc(C(=O)N(CCO)C2CC2)cc(NN)n1. The van der Waals surface area contributed by atoms with E-state index in [0.717, 1.165) is 25.0 Å². The van der Waals surface area contributed by atoms with Crippen LogP contribution in [0.4, 0.5) is 5.82 Å². The largest absolute Gasteiger partial charge is 0.395 e. The summed E-state index contributed by atoms with van der Waals surface area (Å²) in [6, 6.07) is 3.71. The molecule has 0 aromatic carbocycles. The van der Waals surface area contributed by atoms with Crippen LogP contribution in [0.2, 0.25) is 0 Å². The predicted molar refractivity (Wildman–Crippen MR) is 72.6 cm³/mol. The molecule has 0 atom stereocenters. The van der Waals surface area contributed by atoms with Crippen molar-refractivity contribution in [2.24, 2.45) is 5.84 Å². The number of aromatic nitrogens is 1. The van der Waals surface area contributed by atoms with Crippen LogP contribution in [0.1, 0.15) is 35.8 Å². The fourth-order valence-electron chi connectivity index (χ4n) is 2.08. The van der Waals surface area contributed by atoms with Gasteiger partial charge in [-0.3, -0.25) is 4.79 Å². The molecule has 0 bridgehead atoms. The molecule has 4 N–H and O–H groups in total. The molecule has 1 amide bonds. The summed E-state index contributed by atoms with van der Waals surface area (Å²) in [6.45, 7) is 2.33. The Morgan fingerprint density at radius 1 is 1.58 bits per heavy atom. The van der Waals surface area contributed by atoms with Gasteiger partial charge < -0.3 is 15.4 Å². The molecule has 19 heavy (non-hydrogen) atoms. The van der Waals surface area contributed by atoms with E-state index in [-0.39, 0.29) is 18.6 Å². The lowest BCUT2D eigenvalue weighted by Crippen LogP contribution is -2.35. The number of nitrogens with one attached hydrogen (secondary N) is 1. The van der Waals surface area contributed by atoms with E-state index in [2.05, 4.69) is 10.4 Å². The van der Waals surface area contributed by atoms with Crippen LogP contribution in [0.3, 0.4) is 0 Å². The molecule has 1 heterocycles. The summed E-state index contributed by atoms with van der Waals surface area (Å²) in [6.07, 6.45) is 2.76. The van der Waals surface area contributed by atoms with Gasteiger partial charge in [0.15, 0.2) is 0 Å². The molecule has 104 valence electrons. The van der Waals surface area contributed by atoms with E-state index in [0.29, 0.717) is 17.9 Å². The average Bonchev–Trinajstić information content (AvgIpc) is 3.27. The van der Waals surface area contributed by atoms with Crippen LogP contribution in [0.15, 0.2) is 12.1 Å².